The predicted octanol–water partition coefficient (Wildman–Crippen LogP) is -0.572. The molecular weight excluding hydrogens is 237 g/mol. The van der Waals surface area contributed by atoms with E-state index in [0.29, 0.717) is 0 Å². The van der Waals surface area contributed by atoms with Crippen molar-refractivity contribution in [2.24, 2.45) is 0 Å². The average Bonchev–Trinajstić information content (AvgIpc) is 2.46. The van der Waals surface area contributed by atoms with Crippen LogP contribution >= 0.6 is 0 Å². The first-order valence-corrected chi connectivity index (χ1v) is 4.81. The van der Waals surface area contributed by atoms with Crippen LogP contribution in [0.15, 0.2) is 12.1 Å². The summed E-state index contributed by atoms with van der Waals surface area (Å²) in [5, 5.41) is 44.5. The summed E-state index contributed by atoms with van der Waals surface area (Å²) in [7, 11) is 5.45. The summed E-state index contributed by atoms with van der Waals surface area (Å²) < 4.78 is 0. The second-order valence-corrected chi connectivity index (χ2v) is 3.29. The van der Waals surface area contributed by atoms with Gasteiger partial charge in [0, 0.05) is 10.4 Å². The van der Waals surface area contributed by atoms with E-state index in [0.717, 1.165) is 0 Å². The van der Waals surface area contributed by atoms with Crippen molar-refractivity contribution < 1.29 is 0 Å². The number of hydrogen-bond donors (Lipinski definition) is 0. The molecule has 1 rings (SSSR count). The van der Waals surface area contributed by atoms with Crippen molar-refractivity contribution >= 4 is 18.9 Å². The van der Waals surface area contributed by atoms with Gasteiger partial charge in [-0.15, -0.1) is 0 Å². The van der Waals surface area contributed by atoms with Crippen LogP contribution in [-0.4, -0.2) is 7.85 Å². The van der Waals surface area contributed by atoms with Crippen LogP contribution in [0, 0.1) is 56.7 Å². The Morgan fingerprint density at radius 1 is 0.842 bits per heavy atom. The summed E-state index contributed by atoms with van der Waals surface area (Å²) in [6, 6.07) is 11.1. The van der Waals surface area contributed by atoms with Gasteiger partial charge in [-0.05, 0) is 17.6 Å². The molecule has 2 radical (unpaired) electrons. The number of nitrogens with zero attached hydrogens (tertiary/aromatic N) is 5. The van der Waals surface area contributed by atoms with Crippen LogP contribution in [0.5, 0.6) is 0 Å². The van der Waals surface area contributed by atoms with Crippen molar-refractivity contribution in [2.75, 3.05) is 0 Å². The zero-order valence-corrected chi connectivity index (χ0v) is 9.47. The van der Waals surface area contributed by atoms with E-state index in [2.05, 4.69) is 0 Å². The zero-order valence-electron chi connectivity index (χ0n) is 9.47. The Morgan fingerprint density at radius 2 is 1.32 bits per heavy atom. The first-order valence-electron chi connectivity index (χ1n) is 4.81. The van der Waals surface area contributed by atoms with E-state index in [9.17, 15) is 0 Å². The third kappa shape index (κ3) is 2.43. The smallest absolute Gasteiger partial charge is 0.136 e. The fraction of sp³-hybridized carbons (Fsp3) is 0. The maximum Gasteiger partial charge on any atom is 0.136 e. The van der Waals surface area contributed by atoms with Gasteiger partial charge in [-0.25, -0.2) is 0 Å². The Balaban J connectivity index is 4.15. The number of benzene rings is 1. The first-order chi connectivity index (χ1) is 9.12. The van der Waals surface area contributed by atoms with Crippen molar-refractivity contribution in [3.8, 4) is 30.3 Å². The van der Waals surface area contributed by atoms with Gasteiger partial charge in [0.2, 0.25) is 0 Å². The standard InChI is InChI=1S/C13H2BN5/c14-12(7-19)13-9(3-15)1-8(2-10(13)4-16)11(5-17)6-18/h1-2H. The maximum atomic E-state index is 9.02. The molecule has 82 valence electrons. The Kier molecular flexibility index (Phi) is 4.06. The van der Waals surface area contributed by atoms with Crippen LogP contribution < -0.4 is 10.4 Å². The lowest BCUT2D eigenvalue weighted by molar-refractivity contribution is 1.37. The van der Waals surface area contributed by atoms with E-state index in [1.54, 1.807) is 30.3 Å². The third-order valence-electron chi connectivity index (χ3n) is 2.28. The van der Waals surface area contributed by atoms with E-state index in [1.807, 2.05) is 0 Å². The Labute approximate surface area is 110 Å². The molecule has 1 aromatic carbocycles. The lowest BCUT2D eigenvalue weighted by atomic mass is 9.89. The van der Waals surface area contributed by atoms with Crippen LogP contribution in [0.25, 0.3) is 11.0 Å². The lowest BCUT2D eigenvalue weighted by Crippen LogP contribution is -2.21. The summed E-state index contributed by atoms with van der Waals surface area (Å²) in [4.78, 5) is 0. The van der Waals surface area contributed by atoms with Crippen LogP contribution in [0.3, 0.4) is 0 Å². The highest BCUT2D eigenvalue weighted by Crippen LogP contribution is 1.97. The zero-order chi connectivity index (χ0) is 14.4. The van der Waals surface area contributed by atoms with Crippen molar-refractivity contribution in [3.63, 3.8) is 0 Å². The lowest BCUT2D eigenvalue weighted by Gasteiger charge is -1.98. The minimum absolute atomic E-state index is 0.0199. The molecule has 0 atom stereocenters. The predicted molar refractivity (Wildman–Crippen MR) is 64.5 cm³/mol. The molecule has 1 aromatic rings. The molecule has 19 heavy (non-hydrogen) atoms. The summed E-state index contributed by atoms with van der Waals surface area (Å²) >= 11 is 0. The van der Waals surface area contributed by atoms with Crippen LogP contribution in [0.1, 0.15) is 11.1 Å². The molecule has 0 N–H and O–H groups in total. The van der Waals surface area contributed by atoms with Gasteiger partial charge in [0.05, 0.1) is 29.3 Å². The van der Waals surface area contributed by atoms with Gasteiger partial charge < -0.3 is 0 Å². The molecule has 0 spiro atoms. The van der Waals surface area contributed by atoms with Gasteiger partial charge in [0.25, 0.3) is 0 Å². The molecule has 6 heteroatoms. The summed E-state index contributed by atoms with van der Waals surface area (Å²) in [6.45, 7) is 0. The molecule has 0 fully saturated rings. The summed E-state index contributed by atoms with van der Waals surface area (Å²) in [6.07, 6.45) is 0. The topological polar surface area (TPSA) is 119 Å². The Hall–Kier alpha value is -3.53. The molecule has 0 aliphatic carbocycles. The van der Waals surface area contributed by atoms with Crippen molar-refractivity contribution in [1.82, 2.24) is 0 Å². The van der Waals surface area contributed by atoms with Gasteiger partial charge in [-0.2, -0.15) is 26.3 Å². The minimum atomic E-state index is -0.268. The fourth-order valence-corrected chi connectivity index (χ4v) is 1.46. The molecule has 0 unspecified atom stereocenters. The van der Waals surface area contributed by atoms with Crippen molar-refractivity contribution in [2.45, 2.75) is 0 Å². The summed E-state index contributed by atoms with van der Waals surface area (Å²) in [5.74, 6) is 0. The normalized spacial score (nSPS) is 7.95. The highest BCUT2D eigenvalue weighted by Gasteiger charge is 2.07. The van der Waals surface area contributed by atoms with Gasteiger partial charge in [0.1, 0.15) is 25.6 Å². The number of nitriles is 5. The molecular formula is C13H2BN5. The van der Waals surface area contributed by atoms with Gasteiger partial charge in [0.15, 0.2) is 0 Å². The van der Waals surface area contributed by atoms with E-state index >= 15 is 0 Å². The van der Waals surface area contributed by atoms with E-state index < -0.39 is 0 Å². The van der Waals surface area contributed by atoms with Crippen molar-refractivity contribution in [1.29, 1.82) is 26.3 Å². The van der Waals surface area contributed by atoms with Crippen LogP contribution in [-0.2, 0) is 0 Å². The maximum absolute atomic E-state index is 9.02. The van der Waals surface area contributed by atoms with E-state index in [4.69, 9.17) is 34.2 Å². The molecule has 0 saturated carbocycles. The molecule has 0 amide bonds. The van der Waals surface area contributed by atoms with Gasteiger partial charge >= 0.3 is 0 Å². The molecule has 0 heterocycles. The van der Waals surface area contributed by atoms with E-state index in [-0.39, 0.29) is 32.6 Å². The third-order valence-corrected chi connectivity index (χ3v) is 2.28. The summed E-state index contributed by atoms with van der Waals surface area (Å²) in [5.41, 5.74) is -0.558. The molecule has 0 saturated heterocycles. The van der Waals surface area contributed by atoms with Crippen molar-refractivity contribution in [3.05, 3.63) is 33.7 Å². The monoisotopic (exact) mass is 239 g/mol. The number of rotatable bonds is 0. The van der Waals surface area contributed by atoms with Gasteiger partial charge in [-0.3, -0.25) is 0 Å². The quantitative estimate of drug-likeness (QED) is 0.561. The molecule has 0 aromatic heterocycles. The Morgan fingerprint density at radius 3 is 1.63 bits per heavy atom. The highest BCUT2D eigenvalue weighted by atomic mass is 14.3. The highest BCUT2D eigenvalue weighted by molar-refractivity contribution is 6.42. The average molecular weight is 239 g/mol. The second-order valence-electron chi connectivity index (χ2n) is 3.29. The SMILES string of the molecule is [B]C(C#N)=c1c(C#N)cc(=C(C#N)C#N)cc1C#N. The second kappa shape index (κ2) is 5.70. The van der Waals surface area contributed by atoms with E-state index in [1.165, 1.54) is 12.1 Å². The molecule has 0 bridgehead atoms. The van der Waals surface area contributed by atoms with Crippen LogP contribution in [0.2, 0.25) is 0 Å². The minimum Gasteiger partial charge on any atom is -0.194 e. The fourth-order valence-electron chi connectivity index (χ4n) is 1.46. The largest absolute Gasteiger partial charge is 0.194 e. The molecule has 0 aliphatic heterocycles. The van der Waals surface area contributed by atoms with Crippen LogP contribution in [0.4, 0.5) is 0 Å². The van der Waals surface area contributed by atoms with Gasteiger partial charge in [-0.1, -0.05) is 0 Å². The molecule has 5 nitrogen and oxygen atoms in total. The number of hydrogen-bond acceptors (Lipinski definition) is 5. The molecule has 0 aliphatic rings. The Bertz CT molecular complexity index is 819. The first kappa shape index (κ1) is 13.5.